The number of aromatic nitrogens is 3. The van der Waals surface area contributed by atoms with Crippen LogP contribution in [0.3, 0.4) is 0 Å². The average Bonchev–Trinajstić information content (AvgIpc) is 2.53. The first-order chi connectivity index (χ1) is 6.74. The van der Waals surface area contributed by atoms with E-state index in [-0.39, 0.29) is 6.54 Å². The zero-order valence-corrected chi connectivity index (χ0v) is 7.88. The molecule has 5 nitrogen and oxygen atoms in total. The fourth-order valence-electron chi connectivity index (χ4n) is 1.53. The van der Waals surface area contributed by atoms with E-state index in [0.717, 1.165) is 11.4 Å². The maximum absolute atomic E-state index is 9.68. The number of hydrogen-bond acceptors (Lipinski definition) is 4. The summed E-state index contributed by atoms with van der Waals surface area (Å²) in [5.74, 6) is 0.590. The molecule has 0 aliphatic heterocycles. The van der Waals surface area contributed by atoms with Gasteiger partial charge in [-0.25, -0.2) is 9.97 Å². The van der Waals surface area contributed by atoms with Crippen molar-refractivity contribution in [2.24, 2.45) is 5.73 Å². The predicted octanol–water partition coefficient (Wildman–Crippen LogP) is 0.0298. The van der Waals surface area contributed by atoms with Gasteiger partial charge < -0.3 is 10.8 Å². The Kier molecular flexibility index (Phi) is 2.18. The Bertz CT molecular complexity index is 451. The number of nitrogens with zero attached hydrogens (tertiary/aromatic N) is 3. The molecule has 0 amide bonds. The molecule has 0 saturated heterocycles. The van der Waals surface area contributed by atoms with E-state index in [0.29, 0.717) is 5.78 Å². The highest BCUT2D eigenvalue weighted by Crippen LogP contribution is 2.17. The summed E-state index contributed by atoms with van der Waals surface area (Å²) in [6.45, 7) is 2.02. The number of aliphatic hydroxyl groups excluding tert-OH is 1. The molecule has 2 aromatic rings. The Balaban J connectivity index is 2.67. The van der Waals surface area contributed by atoms with Gasteiger partial charge in [-0.3, -0.25) is 4.40 Å². The Morgan fingerprint density at radius 1 is 1.64 bits per heavy atom. The Morgan fingerprint density at radius 3 is 3.14 bits per heavy atom. The molecule has 0 spiro atoms. The molecule has 1 atom stereocenters. The van der Waals surface area contributed by atoms with E-state index in [9.17, 15) is 5.11 Å². The molecule has 2 aromatic heterocycles. The third kappa shape index (κ3) is 1.26. The largest absolute Gasteiger partial charge is 0.385 e. The van der Waals surface area contributed by atoms with Crippen molar-refractivity contribution >= 4 is 5.78 Å². The van der Waals surface area contributed by atoms with Crippen molar-refractivity contribution < 1.29 is 5.11 Å². The van der Waals surface area contributed by atoms with E-state index >= 15 is 0 Å². The van der Waals surface area contributed by atoms with E-state index < -0.39 is 6.10 Å². The van der Waals surface area contributed by atoms with Crippen LogP contribution in [0.4, 0.5) is 0 Å². The van der Waals surface area contributed by atoms with Gasteiger partial charge in [0.1, 0.15) is 6.10 Å². The summed E-state index contributed by atoms with van der Waals surface area (Å²) in [6, 6.07) is 1.79. The quantitative estimate of drug-likeness (QED) is 0.703. The van der Waals surface area contributed by atoms with Gasteiger partial charge in [-0.05, 0) is 13.0 Å². The van der Waals surface area contributed by atoms with Gasteiger partial charge in [0.2, 0.25) is 5.78 Å². The highest BCUT2D eigenvalue weighted by Gasteiger charge is 2.15. The van der Waals surface area contributed by atoms with Crippen LogP contribution in [0.25, 0.3) is 5.78 Å². The van der Waals surface area contributed by atoms with E-state index in [4.69, 9.17) is 5.73 Å². The van der Waals surface area contributed by atoms with Crippen molar-refractivity contribution in [2.75, 3.05) is 6.54 Å². The molecule has 2 rings (SSSR count). The second kappa shape index (κ2) is 3.36. The molecule has 0 aliphatic rings. The highest BCUT2D eigenvalue weighted by atomic mass is 16.3. The van der Waals surface area contributed by atoms with Crippen LogP contribution in [0, 0.1) is 6.92 Å². The molecule has 1 unspecified atom stereocenters. The monoisotopic (exact) mass is 192 g/mol. The first-order valence-corrected chi connectivity index (χ1v) is 4.41. The maximum Gasteiger partial charge on any atom is 0.234 e. The number of rotatable bonds is 2. The lowest BCUT2D eigenvalue weighted by Crippen LogP contribution is -2.14. The smallest absolute Gasteiger partial charge is 0.234 e. The molecule has 3 N–H and O–H groups in total. The van der Waals surface area contributed by atoms with Gasteiger partial charge in [-0.2, -0.15) is 0 Å². The van der Waals surface area contributed by atoms with Gasteiger partial charge in [0.25, 0.3) is 0 Å². The topological polar surface area (TPSA) is 76.4 Å². The molecule has 0 saturated carbocycles. The molecule has 0 aliphatic carbocycles. The Hall–Kier alpha value is -1.46. The van der Waals surface area contributed by atoms with Gasteiger partial charge in [0.05, 0.1) is 11.4 Å². The lowest BCUT2D eigenvalue weighted by Gasteiger charge is -2.07. The number of hydrogen-bond donors (Lipinski definition) is 2. The molecule has 0 bridgehead atoms. The summed E-state index contributed by atoms with van der Waals surface area (Å²) in [6.07, 6.45) is 2.80. The van der Waals surface area contributed by atoms with Gasteiger partial charge in [-0.15, -0.1) is 0 Å². The number of aliphatic hydroxyl groups is 1. The average molecular weight is 192 g/mol. The van der Waals surface area contributed by atoms with E-state index in [1.807, 2.05) is 13.1 Å². The van der Waals surface area contributed by atoms with Crippen LogP contribution in [-0.2, 0) is 0 Å². The first kappa shape index (κ1) is 9.11. The molecule has 14 heavy (non-hydrogen) atoms. The molecule has 0 fully saturated rings. The van der Waals surface area contributed by atoms with Crippen LogP contribution in [-0.4, -0.2) is 26.0 Å². The van der Waals surface area contributed by atoms with Crippen molar-refractivity contribution in [3.05, 3.63) is 29.8 Å². The number of aryl methyl sites for hydroxylation is 1. The van der Waals surface area contributed by atoms with Crippen LogP contribution in [0.1, 0.15) is 17.5 Å². The Labute approximate surface area is 81.2 Å². The van der Waals surface area contributed by atoms with Crippen molar-refractivity contribution in [2.45, 2.75) is 13.0 Å². The van der Waals surface area contributed by atoms with Crippen molar-refractivity contribution in [1.29, 1.82) is 0 Å². The molecule has 5 heteroatoms. The third-order valence-electron chi connectivity index (χ3n) is 2.16. The van der Waals surface area contributed by atoms with Gasteiger partial charge in [-0.1, -0.05) is 0 Å². The minimum atomic E-state index is -0.686. The van der Waals surface area contributed by atoms with Crippen LogP contribution in [0.2, 0.25) is 0 Å². The standard InChI is InChI=1S/C9H12N4O/c1-6-8(7(14)5-10)13-4-2-3-11-9(13)12-6/h2-4,7,14H,5,10H2,1H3. The second-order valence-corrected chi connectivity index (χ2v) is 3.12. The molecule has 0 radical (unpaired) electrons. The zero-order valence-electron chi connectivity index (χ0n) is 7.88. The lowest BCUT2D eigenvalue weighted by molar-refractivity contribution is 0.180. The van der Waals surface area contributed by atoms with E-state index in [2.05, 4.69) is 9.97 Å². The molecular weight excluding hydrogens is 180 g/mol. The molecule has 74 valence electrons. The summed E-state index contributed by atoms with van der Waals surface area (Å²) in [7, 11) is 0. The second-order valence-electron chi connectivity index (χ2n) is 3.12. The summed E-state index contributed by atoms with van der Waals surface area (Å²) in [4.78, 5) is 8.30. The summed E-state index contributed by atoms with van der Waals surface area (Å²) in [5.41, 5.74) is 6.90. The maximum atomic E-state index is 9.68. The number of fused-ring (bicyclic) bond motifs is 1. The minimum Gasteiger partial charge on any atom is -0.385 e. The SMILES string of the molecule is Cc1nc2ncccn2c1C(O)CN. The fraction of sp³-hybridized carbons (Fsp3) is 0.333. The van der Waals surface area contributed by atoms with Crippen LogP contribution >= 0.6 is 0 Å². The van der Waals surface area contributed by atoms with Gasteiger partial charge >= 0.3 is 0 Å². The van der Waals surface area contributed by atoms with E-state index in [1.54, 1.807) is 16.7 Å². The first-order valence-electron chi connectivity index (χ1n) is 4.41. The fourth-order valence-corrected chi connectivity index (χ4v) is 1.53. The Morgan fingerprint density at radius 2 is 2.43 bits per heavy atom. The normalized spacial score (nSPS) is 13.4. The number of imidazole rings is 1. The molecular formula is C9H12N4O. The summed E-state index contributed by atoms with van der Waals surface area (Å²) in [5, 5.41) is 9.68. The van der Waals surface area contributed by atoms with Crippen molar-refractivity contribution in [3.63, 3.8) is 0 Å². The summed E-state index contributed by atoms with van der Waals surface area (Å²) >= 11 is 0. The lowest BCUT2D eigenvalue weighted by atomic mass is 10.2. The predicted molar refractivity (Wildman–Crippen MR) is 51.7 cm³/mol. The summed E-state index contributed by atoms with van der Waals surface area (Å²) < 4.78 is 1.76. The molecule has 0 aromatic carbocycles. The molecule has 2 heterocycles. The third-order valence-corrected chi connectivity index (χ3v) is 2.16. The zero-order chi connectivity index (χ0) is 10.1. The minimum absolute atomic E-state index is 0.184. The highest BCUT2D eigenvalue weighted by molar-refractivity contribution is 5.35. The van der Waals surface area contributed by atoms with Gasteiger partial charge in [0, 0.05) is 18.9 Å². The van der Waals surface area contributed by atoms with Crippen LogP contribution < -0.4 is 5.73 Å². The van der Waals surface area contributed by atoms with E-state index in [1.165, 1.54) is 0 Å². The van der Waals surface area contributed by atoms with Gasteiger partial charge in [0.15, 0.2) is 0 Å². The van der Waals surface area contributed by atoms with Crippen LogP contribution in [0.15, 0.2) is 18.5 Å². The van der Waals surface area contributed by atoms with Crippen LogP contribution in [0.5, 0.6) is 0 Å². The van der Waals surface area contributed by atoms with Crippen molar-refractivity contribution in [1.82, 2.24) is 14.4 Å². The van der Waals surface area contributed by atoms with Crippen molar-refractivity contribution in [3.8, 4) is 0 Å². The number of nitrogens with two attached hydrogens (primary N) is 1.